The van der Waals surface area contributed by atoms with Crippen molar-refractivity contribution in [3.05, 3.63) is 199 Å². The van der Waals surface area contributed by atoms with E-state index in [-0.39, 0.29) is 5.41 Å². The first-order chi connectivity index (χ1) is 24.6. The lowest BCUT2D eigenvalue weighted by Crippen LogP contribution is -2.14. The zero-order valence-corrected chi connectivity index (χ0v) is 28.3. The lowest BCUT2D eigenvalue weighted by molar-refractivity contribution is 0.660. The van der Waals surface area contributed by atoms with Gasteiger partial charge in [-0.1, -0.05) is 172 Å². The molecule has 238 valence electrons. The van der Waals surface area contributed by atoms with Gasteiger partial charge in [0.15, 0.2) is 0 Å². The SMILES string of the molecule is CC1(C)c2ccccc2-c2c(-c3ccc(N(c4cccc(-c5ccc(-c6ccccc6)cc5)c4)c4cccc5ccccc45)cc3)cccc21. The van der Waals surface area contributed by atoms with E-state index < -0.39 is 0 Å². The lowest BCUT2D eigenvalue weighted by Gasteiger charge is -2.27. The van der Waals surface area contributed by atoms with Crippen LogP contribution >= 0.6 is 0 Å². The molecular formula is C49H37N. The maximum atomic E-state index is 2.40. The molecule has 0 atom stereocenters. The van der Waals surface area contributed by atoms with E-state index >= 15 is 0 Å². The molecule has 0 N–H and O–H groups in total. The van der Waals surface area contributed by atoms with E-state index in [0.717, 1.165) is 17.1 Å². The predicted molar refractivity (Wildman–Crippen MR) is 213 cm³/mol. The number of nitrogens with zero attached hydrogens (tertiary/aromatic N) is 1. The minimum Gasteiger partial charge on any atom is -0.310 e. The summed E-state index contributed by atoms with van der Waals surface area (Å²) in [6.07, 6.45) is 0. The van der Waals surface area contributed by atoms with E-state index in [0.29, 0.717) is 0 Å². The molecule has 1 aliphatic carbocycles. The Bertz CT molecular complexity index is 2480. The van der Waals surface area contributed by atoms with Crippen LogP contribution in [0.3, 0.4) is 0 Å². The fraction of sp³-hybridized carbons (Fsp3) is 0.0612. The monoisotopic (exact) mass is 639 g/mol. The largest absolute Gasteiger partial charge is 0.310 e. The Labute approximate surface area is 294 Å². The second-order valence-electron chi connectivity index (χ2n) is 13.8. The third-order valence-corrected chi connectivity index (χ3v) is 10.5. The molecule has 0 aliphatic heterocycles. The highest BCUT2D eigenvalue weighted by atomic mass is 15.1. The molecule has 0 amide bonds. The van der Waals surface area contributed by atoms with Crippen LogP contribution in [0.1, 0.15) is 25.0 Å². The zero-order valence-electron chi connectivity index (χ0n) is 28.3. The number of hydrogen-bond acceptors (Lipinski definition) is 1. The van der Waals surface area contributed by atoms with Gasteiger partial charge < -0.3 is 4.90 Å². The van der Waals surface area contributed by atoms with Gasteiger partial charge in [-0.05, 0) is 91.4 Å². The Hall–Kier alpha value is -6.18. The topological polar surface area (TPSA) is 3.24 Å². The van der Waals surface area contributed by atoms with E-state index in [4.69, 9.17) is 0 Å². The molecule has 0 saturated carbocycles. The van der Waals surface area contributed by atoms with E-state index in [2.05, 4.69) is 207 Å². The second-order valence-corrected chi connectivity index (χ2v) is 13.8. The van der Waals surface area contributed by atoms with Crippen molar-refractivity contribution in [2.75, 3.05) is 4.90 Å². The molecular weight excluding hydrogens is 603 g/mol. The molecule has 0 aromatic heterocycles. The number of benzene rings is 8. The van der Waals surface area contributed by atoms with E-state index in [9.17, 15) is 0 Å². The molecule has 0 heterocycles. The summed E-state index contributed by atoms with van der Waals surface area (Å²) in [7, 11) is 0. The van der Waals surface area contributed by atoms with Gasteiger partial charge in [0.25, 0.3) is 0 Å². The first-order valence-electron chi connectivity index (χ1n) is 17.4. The molecule has 50 heavy (non-hydrogen) atoms. The second kappa shape index (κ2) is 12.1. The van der Waals surface area contributed by atoms with Crippen molar-refractivity contribution in [3.63, 3.8) is 0 Å². The minimum atomic E-state index is -0.0279. The van der Waals surface area contributed by atoms with Crippen LogP contribution in [0.15, 0.2) is 188 Å². The van der Waals surface area contributed by atoms with Gasteiger partial charge in [-0.15, -0.1) is 0 Å². The van der Waals surface area contributed by atoms with Crippen LogP contribution in [0.4, 0.5) is 17.1 Å². The van der Waals surface area contributed by atoms with Crippen molar-refractivity contribution >= 4 is 27.8 Å². The summed E-state index contributed by atoms with van der Waals surface area (Å²) in [5.41, 5.74) is 16.2. The normalized spacial score (nSPS) is 12.8. The third kappa shape index (κ3) is 5.02. The Morgan fingerprint density at radius 2 is 0.940 bits per heavy atom. The molecule has 8 aromatic rings. The molecule has 0 spiro atoms. The maximum Gasteiger partial charge on any atom is 0.0540 e. The first kappa shape index (κ1) is 29.9. The molecule has 0 radical (unpaired) electrons. The van der Waals surface area contributed by atoms with Gasteiger partial charge in [-0.2, -0.15) is 0 Å². The van der Waals surface area contributed by atoms with Crippen LogP contribution in [0.2, 0.25) is 0 Å². The summed E-state index contributed by atoms with van der Waals surface area (Å²) in [6.45, 7) is 4.69. The molecule has 0 fully saturated rings. The smallest absolute Gasteiger partial charge is 0.0540 e. The van der Waals surface area contributed by atoms with Crippen molar-refractivity contribution in [1.82, 2.24) is 0 Å². The molecule has 0 unspecified atom stereocenters. The summed E-state index contributed by atoms with van der Waals surface area (Å²) in [4.78, 5) is 2.40. The van der Waals surface area contributed by atoms with E-state index in [1.165, 1.54) is 66.4 Å². The Balaban J connectivity index is 1.15. The van der Waals surface area contributed by atoms with Crippen LogP contribution in [0.25, 0.3) is 55.3 Å². The minimum absolute atomic E-state index is 0.0279. The van der Waals surface area contributed by atoms with Crippen LogP contribution in [-0.2, 0) is 5.41 Å². The Kier molecular flexibility index (Phi) is 7.21. The molecule has 0 bridgehead atoms. The first-order valence-corrected chi connectivity index (χ1v) is 17.4. The number of anilines is 3. The molecule has 8 aromatic carbocycles. The molecule has 1 aliphatic rings. The van der Waals surface area contributed by atoms with Crippen molar-refractivity contribution < 1.29 is 0 Å². The highest BCUT2D eigenvalue weighted by Crippen LogP contribution is 2.52. The quantitative estimate of drug-likeness (QED) is 0.175. The highest BCUT2D eigenvalue weighted by Gasteiger charge is 2.36. The summed E-state index contributed by atoms with van der Waals surface area (Å²) in [5.74, 6) is 0. The van der Waals surface area contributed by atoms with Crippen molar-refractivity contribution in [3.8, 4) is 44.5 Å². The zero-order chi connectivity index (χ0) is 33.7. The van der Waals surface area contributed by atoms with Gasteiger partial charge in [-0.25, -0.2) is 0 Å². The average molecular weight is 640 g/mol. The maximum absolute atomic E-state index is 2.40. The van der Waals surface area contributed by atoms with Crippen molar-refractivity contribution in [2.24, 2.45) is 0 Å². The number of hydrogen-bond donors (Lipinski definition) is 0. The van der Waals surface area contributed by atoms with Gasteiger partial charge in [-0.3, -0.25) is 0 Å². The average Bonchev–Trinajstić information content (AvgIpc) is 3.42. The van der Waals surface area contributed by atoms with Gasteiger partial charge in [0, 0.05) is 22.2 Å². The van der Waals surface area contributed by atoms with Gasteiger partial charge in [0.2, 0.25) is 0 Å². The van der Waals surface area contributed by atoms with Gasteiger partial charge in [0.1, 0.15) is 0 Å². The lowest BCUT2D eigenvalue weighted by atomic mass is 9.82. The van der Waals surface area contributed by atoms with Crippen LogP contribution in [0, 0.1) is 0 Å². The van der Waals surface area contributed by atoms with E-state index in [1.807, 2.05) is 0 Å². The Morgan fingerprint density at radius 1 is 0.380 bits per heavy atom. The standard InChI is InChI=1S/C49H37N/c1-49(2)45-22-9-8-20-44(45)48-43(21-12-23-46(48)49)38-29-31-40(32-30-38)50(47-24-11-16-37-15-6-7-19-42(37)47)41-18-10-17-39(33-41)36-27-25-35(26-28-36)34-13-4-3-5-14-34/h3-33H,1-2H3. The molecule has 1 heteroatoms. The van der Waals surface area contributed by atoms with Gasteiger partial charge >= 0.3 is 0 Å². The van der Waals surface area contributed by atoms with Crippen molar-refractivity contribution in [1.29, 1.82) is 0 Å². The number of rotatable bonds is 6. The van der Waals surface area contributed by atoms with Crippen LogP contribution in [0.5, 0.6) is 0 Å². The molecule has 9 rings (SSSR count). The van der Waals surface area contributed by atoms with Crippen LogP contribution < -0.4 is 4.90 Å². The summed E-state index contributed by atoms with van der Waals surface area (Å²) in [6, 6.07) is 68.5. The van der Waals surface area contributed by atoms with E-state index in [1.54, 1.807) is 0 Å². The fourth-order valence-corrected chi connectivity index (χ4v) is 7.93. The molecule has 0 saturated heterocycles. The Morgan fingerprint density at radius 3 is 1.76 bits per heavy atom. The fourth-order valence-electron chi connectivity index (χ4n) is 7.93. The summed E-state index contributed by atoms with van der Waals surface area (Å²) in [5, 5.41) is 2.44. The third-order valence-electron chi connectivity index (χ3n) is 10.5. The van der Waals surface area contributed by atoms with Crippen molar-refractivity contribution in [2.45, 2.75) is 19.3 Å². The van der Waals surface area contributed by atoms with Gasteiger partial charge in [0.05, 0.1) is 5.69 Å². The summed E-state index contributed by atoms with van der Waals surface area (Å²) >= 11 is 0. The number of fused-ring (bicyclic) bond motifs is 4. The molecule has 1 nitrogen and oxygen atoms in total. The summed E-state index contributed by atoms with van der Waals surface area (Å²) < 4.78 is 0. The predicted octanol–water partition coefficient (Wildman–Crippen LogP) is 13.6. The van der Waals surface area contributed by atoms with Crippen LogP contribution in [-0.4, -0.2) is 0 Å². The highest BCUT2D eigenvalue weighted by molar-refractivity contribution is 5.99.